The third-order valence-corrected chi connectivity index (χ3v) is 7.37. The molecule has 0 spiro atoms. The van der Waals surface area contributed by atoms with Crippen molar-refractivity contribution >= 4 is 45.4 Å². The fraction of sp³-hybridized carbons (Fsp3) is 0.207. The van der Waals surface area contributed by atoms with E-state index in [2.05, 4.69) is 25.4 Å². The van der Waals surface area contributed by atoms with Crippen LogP contribution in [0.5, 0.6) is 23.1 Å². The standard InChI is InChI=1S/C29H24ClF3N8O4/c1-39-14-16(29(31,32)33)9-20(27(39)42)36-28-37-24-23(40(28)2)22(30)21(12-34-24)45-18-10-19-25(35-11-18)41(38-26(19)44-4)13-15-5-7-17(43-3)8-6-15/h5-12,14H,13H2,1-4H3,(H,34,36,37). The zero-order chi connectivity index (χ0) is 32.0. The number of fused-ring (bicyclic) bond motifs is 2. The molecular weight excluding hydrogens is 617 g/mol. The van der Waals surface area contributed by atoms with Gasteiger partial charge < -0.3 is 28.7 Å². The van der Waals surface area contributed by atoms with Gasteiger partial charge in [0.15, 0.2) is 17.0 Å². The SMILES string of the molecule is COc1ccc(Cn2nc(OC)c3cc(Oc4cnc5nc(Nc6cc(C(F)(F)F)cn(C)c6=O)n(C)c5c4Cl)cnc32)cc1. The molecular formula is C29H24ClF3N8O4. The van der Waals surface area contributed by atoms with Crippen LogP contribution in [-0.4, -0.2) is 48.1 Å². The predicted molar refractivity (Wildman–Crippen MR) is 160 cm³/mol. The van der Waals surface area contributed by atoms with Crippen LogP contribution < -0.4 is 25.1 Å². The number of hydrogen-bond donors (Lipinski definition) is 1. The molecule has 0 amide bonds. The average molecular weight is 641 g/mol. The van der Waals surface area contributed by atoms with Crippen molar-refractivity contribution in [1.29, 1.82) is 0 Å². The van der Waals surface area contributed by atoms with Gasteiger partial charge in [0, 0.05) is 20.3 Å². The van der Waals surface area contributed by atoms with Crippen molar-refractivity contribution in [3.8, 4) is 23.1 Å². The first-order valence-electron chi connectivity index (χ1n) is 13.2. The van der Waals surface area contributed by atoms with Gasteiger partial charge in [-0.2, -0.15) is 18.2 Å². The van der Waals surface area contributed by atoms with Gasteiger partial charge in [-0.15, -0.1) is 5.10 Å². The lowest BCUT2D eigenvalue weighted by Gasteiger charge is -2.12. The van der Waals surface area contributed by atoms with Gasteiger partial charge in [-0.1, -0.05) is 23.7 Å². The van der Waals surface area contributed by atoms with E-state index in [9.17, 15) is 18.0 Å². The average Bonchev–Trinajstić information content (AvgIpc) is 3.52. The molecule has 45 heavy (non-hydrogen) atoms. The number of alkyl halides is 3. The predicted octanol–water partition coefficient (Wildman–Crippen LogP) is 5.69. The Hall–Kier alpha value is -5.31. The molecule has 0 bridgehead atoms. The fourth-order valence-electron chi connectivity index (χ4n) is 4.73. The van der Waals surface area contributed by atoms with Crippen LogP contribution in [0.25, 0.3) is 22.2 Å². The van der Waals surface area contributed by atoms with Gasteiger partial charge in [-0.3, -0.25) is 4.79 Å². The highest BCUT2D eigenvalue weighted by molar-refractivity contribution is 6.36. The minimum atomic E-state index is -4.65. The van der Waals surface area contributed by atoms with E-state index in [4.69, 9.17) is 25.8 Å². The van der Waals surface area contributed by atoms with Gasteiger partial charge in [0.2, 0.25) is 11.8 Å². The molecule has 5 aromatic heterocycles. The number of nitrogens with zero attached hydrogens (tertiary/aromatic N) is 7. The topological polar surface area (TPSA) is 123 Å². The summed E-state index contributed by atoms with van der Waals surface area (Å²) in [7, 11) is 5.91. The van der Waals surface area contributed by atoms with Crippen molar-refractivity contribution in [1.82, 2.24) is 33.9 Å². The fourth-order valence-corrected chi connectivity index (χ4v) is 5.03. The number of imidazole rings is 1. The Morgan fingerprint density at radius 2 is 1.76 bits per heavy atom. The first-order valence-corrected chi connectivity index (χ1v) is 13.6. The van der Waals surface area contributed by atoms with Crippen LogP contribution in [0.4, 0.5) is 24.8 Å². The number of methoxy groups -OCH3 is 2. The van der Waals surface area contributed by atoms with Gasteiger partial charge in [0.25, 0.3) is 5.56 Å². The zero-order valence-corrected chi connectivity index (χ0v) is 24.9. The van der Waals surface area contributed by atoms with Crippen LogP contribution in [0.3, 0.4) is 0 Å². The number of halogens is 4. The summed E-state index contributed by atoms with van der Waals surface area (Å²) in [5, 5.41) is 7.94. The first kappa shape index (κ1) is 29.7. The minimum absolute atomic E-state index is 0.0464. The quantitative estimate of drug-likeness (QED) is 0.224. The van der Waals surface area contributed by atoms with Gasteiger partial charge in [-0.05, 0) is 29.8 Å². The molecule has 0 saturated heterocycles. The number of benzene rings is 1. The van der Waals surface area contributed by atoms with E-state index in [1.807, 2.05) is 24.3 Å². The summed E-state index contributed by atoms with van der Waals surface area (Å²) >= 11 is 6.71. The Morgan fingerprint density at radius 1 is 1.00 bits per heavy atom. The maximum atomic E-state index is 13.4. The van der Waals surface area contributed by atoms with E-state index in [-0.39, 0.29) is 28.1 Å². The monoisotopic (exact) mass is 640 g/mol. The smallest absolute Gasteiger partial charge is 0.417 e. The Morgan fingerprint density at radius 3 is 2.44 bits per heavy atom. The molecule has 0 atom stereocenters. The molecule has 0 aliphatic carbocycles. The summed E-state index contributed by atoms with van der Waals surface area (Å²) < 4.78 is 60.8. The second kappa shape index (κ2) is 11.3. The summed E-state index contributed by atoms with van der Waals surface area (Å²) in [5.74, 6) is 1.62. The van der Waals surface area contributed by atoms with E-state index in [0.717, 1.165) is 28.1 Å². The summed E-state index contributed by atoms with van der Waals surface area (Å²) in [6.07, 6.45) is -1.06. The third-order valence-electron chi connectivity index (χ3n) is 7.00. The molecule has 1 N–H and O–H groups in total. The summed E-state index contributed by atoms with van der Waals surface area (Å²) in [6.45, 7) is 0.437. The minimum Gasteiger partial charge on any atom is -0.497 e. The molecule has 0 fully saturated rings. The molecule has 1 aromatic carbocycles. The number of hydrogen-bond acceptors (Lipinski definition) is 9. The number of ether oxygens (including phenoxy) is 3. The Balaban J connectivity index is 1.30. The van der Waals surface area contributed by atoms with Crippen molar-refractivity contribution in [2.24, 2.45) is 14.1 Å². The number of aryl methyl sites for hydroxylation is 2. The molecule has 12 nitrogen and oxygen atoms in total. The lowest BCUT2D eigenvalue weighted by Crippen LogP contribution is -2.23. The van der Waals surface area contributed by atoms with Crippen molar-refractivity contribution in [2.75, 3.05) is 19.5 Å². The maximum absolute atomic E-state index is 13.4. The molecule has 0 aliphatic heterocycles. The normalized spacial score (nSPS) is 11.7. The van der Waals surface area contributed by atoms with E-state index in [1.165, 1.54) is 31.1 Å². The number of aromatic nitrogens is 7. The van der Waals surface area contributed by atoms with Crippen molar-refractivity contribution in [3.05, 3.63) is 81.5 Å². The van der Waals surface area contributed by atoms with Gasteiger partial charge >= 0.3 is 6.18 Å². The molecule has 0 unspecified atom stereocenters. The van der Waals surface area contributed by atoms with E-state index in [1.54, 1.807) is 24.9 Å². The second-order valence-electron chi connectivity index (χ2n) is 9.94. The van der Waals surface area contributed by atoms with Crippen molar-refractivity contribution in [2.45, 2.75) is 12.7 Å². The third kappa shape index (κ3) is 5.57. The highest BCUT2D eigenvalue weighted by Gasteiger charge is 2.32. The molecule has 5 heterocycles. The largest absolute Gasteiger partial charge is 0.497 e. The molecule has 6 aromatic rings. The molecule has 0 aliphatic rings. The van der Waals surface area contributed by atoms with Gasteiger partial charge in [0.05, 0.1) is 44.1 Å². The van der Waals surface area contributed by atoms with Crippen LogP contribution in [0.2, 0.25) is 5.02 Å². The van der Waals surface area contributed by atoms with Crippen LogP contribution in [0.1, 0.15) is 11.1 Å². The highest BCUT2D eigenvalue weighted by atomic mass is 35.5. The Kier molecular flexibility index (Phi) is 7.48. The van der Waals surface area contributed by atoms with Gasteiger partial charge in [-0.25, -0.2) is 14.6 Å². The van der Waals surface area contributed by atoms with E-state index in [0.29, 0.717) is 34.7 Å². The first-order chi connectivity index (χ1) is 21.5. The second-order valence-corrected chi connectivity index (χ2v) is 10.3. The lowest BCUT2D eigenvalue weighted by molar-refractivity contribution is -0.138. The highest BCUT2D eigenvalue weighted by Crippen LogP contribution is 2.37. The van der Waals surface area contributed by atoms with E-state index < -0.39 is 17.3 Å². The number of pyridine rings is 3. The van der Waals surface area contributed by atoms with Crippen molar-refractivity contribution < 1.29 is 27.4 Å². The Labute approximate surface area is 257 Å². The molecule has 6 rings (SSSR count). The molecule has 16 heteroatoms. The van der Waals surface area contributed by atoms with Crippen LogP contribution >= 0.6 is 11.6 Å². The van der Waals surface area contributed by atoms with E-state index >= 15 is 0 Å². The number of nitrogens with one attached hydrogen (secondary N) is 1. The number of rotatable bonds is 8. The van der Waals surface area contributed by atoms with Crippen LogP contribution in [-0.2, 0) is 26.8 Å². The van der Waals surface area contributed by atoms with Crippen LogP contribution in [0.15, 0.2) is 59.8 Å². The molecule has 232 valence electrons. The molecule has 0 saturated carbocycles. The summed E-state index contributed by atoms with van der Waals surface area (Å²) in [6, 6.07) is 10.0. The molecule has 0 radical (unpaired) electrons. The zero-order valence-electron chi connectivity index (χ0n) is 24.2. The number of anilines is 2. The Bertz CT molecular complexity index is 2120. The maximum Gasteiger partial charge on any atom is 0.417 e. The van der Waals surface area contributed by atoms with Gasteiger partial charge in [0.1, 0.15) is 27.7 Å². The van der Waals surface area contributed by atoms with Crippen LogP contribution in [0, 0.1) is 0 Å². The lowest BCUT2D eigenvalue weighted by atomic mass is 10.2. The van der Waals surface area contributed by atoms with Crippen molar-refractivity contribution in [3.63, 3.8) is 0 Å². The summed E-state index contributed by atoms with van der Waals surface area (Å²) in [5.41, 5.74) is 0.0529. The summed E-state index contributed by atoms with van der Waals surface area (Å²) in [4.78, 5) is 25.7.